The predicted octanol–water partition coefficient (Wildman–Crippen LogP) is 3.50. The lowest BCUT2D eigenvalue weighted by atomic mass is 10.0. The monoisotopic (exact) mass is 287 g/mol. The van der Waals surface area contributed by atoms with Gasteiger partial charge in [0.1, 0.15) is 0 Å². The average molecular weight is 288 g/mol. The number of piperidine rings is 1. The van der Waals surface area contributed by atoms with Crippen LogP contribution in [0.2, 0.25) is 0 Å². The molecule has 1 aliphatic heterocycles. The van der Waals surface area contributed by atoms with Gasteiger partial charge in [-0.3, -0.25) is 0 Å². The van der Waals surface area contributed by atoms with Crippen molar-refractivity contribution in [2.24, 2.45) is 0 Å². The first-order valence-corrected chi connectivity index (χ1v) is 8.91. The Morgan fingerprint density at radius 1 is 1.05 bits per heavy atom. The molecule has 3 nitrogen and oxygen atoms in total. The first-order chi connectivity index (χ1) is 9.72. The Labute approximate surface area is 128 Å². The fraction of sp³-hybridized carbons (Fsp3) is 1.00. The van der Waals surface area contributed by atoms with Crippen molar-refractivity contribution in [3.8, 4) is 0 Å². The summed E-state index contributed by atoms with van der Waals surface area (Å²) in [6.45, 7) is 20.7. The van der Waals surface area contributed by atoms with Gasteiger partial charge in [-0.15, -0.1) is 0 Å². The van der Waals surface area contributed by atoms with Crippen molar-refractivity contribution in [2.75, 3.05) is 32.7 Å². The van der Waals surface area contributed by atoms with Crippen LogP contribution in [0.1, 0.15) is 67.7 Å². The Kier molecular flexibility index (Phi) is 18.8. The second kappa shape index (κ2) is 16.9. The third-order valence-electron chi connectivity index (χ3n) is 3.23. The maximum absolute atomic E-state index is 3.64. The number of rotatable bonds is 7. The standard InChI is InChI=1S/C13H29N3.2C2H6/c1-4-14-8-5-9-16-10-6-13(7-11-16)15-12(2)3;2*1-2/h12-15H,4-11H2,1-3H3;2*1-2H3. The molecule has 0 unspecified atom stereocenters. The quantitative estimate of drug-likeness (QED) is 0.702. The van der Waals surface area contributed by atoms with Crippen molar-refractivity contribution in [1.29, 1.82) is 0 Å². The highest BCUT2D eigenvalue weighted by molar-refractivity contribution is 4.78. The molecule has 0 radical (unpaired) electrons. The Hall–Kier alpha value is -0.120. The maximum atomic E-state index is 3.64. The lowest BCUT2D eigenvalue weighted by molar-refractivity contribution is 0.191. The number of hydrogen-bond donors (Lipinski definition) is 2. The summed E-state index contributed by atoms with van der Waals surface area (Å²) in [5.74, 6) is 0. The van der Waals surface area contributed by atoms with Crippen LogP contribution < -0.4 is 10.6 Å². The van der Waals surface area contributed by atoms with Crippen LogP contribution in [0.3, 0.4) is 0 Å². The Balaban J connectivity index is 0. The van der Waals surface area contributed by atoms with E-state index >= 15 is 0 Å². The molecule has 0 atom stereocenters. The summed E-state index contributed by atoms with van der Waals surface area (Å²) in [5.41, 5.74) is 0. The second-order valence-electron chi connectivity index (χ2n) is 5.14. The van der Waals surface area contributed by atoms with Gasteiger partial charge in [-0.2, -0.15) is 0 Å². The zero-order valence-electron chi connectivity index (χ0n) is 15.3. The molecule has 0 saturated carbocycles. The molecule has 0 aromatic rings. The lowest BCUT2D eigenvalue weighted by Gasteiger charge is -2.33. The average Bonchev–Trinajstić information content (AvgIpc) is 2.49. The van der Waals surface area contributed by atoms with E-state index in [-0.39, 0.29) is 0 Å². The van der Waals surface area contributed by atoms with E-state index in [2.05, 4.69) is 36.3 Å². The van der Waals surface area contributed by atoms with Crippen LogP contribution in [0.5, 0.6) is 0 Å². The van der Waals surface area contributed by atoms with Gasteiger partial charge in [0.25, 0.3) is 0 Å². The molecule has 1 heterocycles. The highest BCUT2D eigenvalue weighted by atomic mass is 15.1. The largest absolute Gasteiger partial charge is 0.317 e. The van der Waals surface area contributed by atoms with E-state index in [4.69, 9.17) is 0 Å². The maximum Gasteiger partial charge on any atom is 0.00937 e. The Bertz CT molecular complexity index is 164. The minimum atomic E-state index is 0.630. The molecule has 1 saturated heterocycles. The van der Waals surface area contributed by atoms with Gasteiger partial charge >= 0.3 is 0 Å². The first-order valence-electron chi connectivity index (χ1n) is 8.91. The molecule has 0 aromatic heterocycles. The number of hydrogen-bond acceptors (Lipinski definition) is 3. The molecule has 1 fully saturated rings. The van der Waals surface area contributed by atoms with Gasteiger partial charge in [0, 0.05) is 12.1 Å². The Morgan fingerprint density at radius 2 is 1.60 bits per heavy atom. The molecule has 3 heteroatoms. The van der Waals surface area contributed by atoms with E-state index in [0.717, 1.165) is 12.6 Å². The van der Waals surface area contributed by atoms with Gasteiger partial charge in [0.15, 0.2) is 0 Å². The van der Waals surface area contributed by atoms with E-state index in [0.29, 0.717) is 6.04 Å². The van der Waals surface area contributed by atoms with Gasteiger partial charge in [0.05, 0.1) is 0 Å². The molecular formula is C17H41N3. The minimum Gasteiger partial charge on any atom is -0.317 e. The third kappa shape index (κ3) is 12.9. The van der Waals surface area contributed by atoms with Crippen LogP contribution in [-0.2, 0) is 0 Å². The number of likely N-dealkylation sites (tertiary alicyclic amines) is 1. The van der Waals surface area contributed by atoms with Crippen molar-refractivity contribution >= 4 is 0 Å². The molecule has 2 N–H and O–H groups in total. The van der Waals surface area contributed by atoms with E-state index < -0.39 is 0 Å². The highest BCUT2D eigenvalue weighted by Crippen LogP contribution is 2.10. The third-order valence-corrected chi connectivity index (χ3v) is 3.23. The summed E-state index contributed by atoms with van der Waals surface area (Å²) in [5, 5.41) is 7.02. The summed E-state index contributed by atoms with van der Waals surface area (Å²) >= 11 is 0. The van der Waals surface area contributed by atoms with Crippen molar-refractivity contribution in [3.63, 3.8) is 0 Å². The predicted molar refractivity (Wildman–Crippen MR) is 93.6 cm³/mol. The van der Waals surface area contributed by atoms with Crippen LogP contribution in [0.25, 0.3) is 0 Å². The fourth-order valence-corrected chi connectivity index (χ4v) is 2.40. The molecule has 1 aliphatic rings. The highest BCUT2D eigenvalue weighted by Gasteiger charge is 2.18. The first kappa shape index (κ1) is 22.2. The van der Waals surface area contributed by atoms with Crippen molar-refractivity contribution in [2.45, 2.75) is 79.8 Å². The molecule has 0 aliphatic carbocycles. The summed E-state index contributed by atoms with van der Waals surface area (Å²) in [6.07, 6.45) is 3.93. The fourth-order valence-electron chi connectivity index (χ4n) is 2.40. The molecule has 0 aromatic carbocycles. The van der Waals surface area contributed by atoms with Crippen LogP contribution in [0.4, 0.5) is 0 Å². The van der Waals surface area contributed by atoms with Crippen LogP contribution >= 0.6 is 0 Å². The summed E-state index contributed by atoms with van der Waals surface area (Å²) in [7, 11) is 0. The van der Waals surface area contributed by atoms with E-state index in [1.54, 1.807) is 0 Å². The molecule has 0 bridgehead atoms. The van der Waals surface area contributed by atoms with Gasteiger partial charge < -0.3 is 15.5 Å². The van der Waals surface area contributed by atoms with Crippen molar-refractivity contribution in [3.05, 3.63) is 0 Å². The molecule has 20 heavy (non-hydrogen) atoms. The molecule has 0 amide bonds. The smallest absolute Gasteiger partial charge is 0.00937 e. The zero-order chi connectivity index (χ0) is 15.8. The molecule has 124 valence electrons. The molecular weight excluding hydrogens is 246 g/mol. The minimum absolute atomic E-state index is 0.630. The number of nitrogens with one attached hydrogen (secondary N) is 2. The van der Waals surface area contributed by atoms with Crippen molar-refractivity contribution in [1.82, 2.24) is 15.5 Å². The van der Waals surface area contributed by atoms with E-state index in [9.17, 15) is 0 Å². The summed E-state index contributed by atoms with van der Waals surface area (Å²) in [4.78, 5) is 2.61. The van der Waals surface area contributed by atoms with Crippen LogP contribution in [-0.4, -0.2) is 49.7 Å². The normalized spacial score (nSPS) is 16.2. The lowest BCUT2D eigenvalue weighted by Crippen LogP contribution is -2.45. The molecule has 0 spiro atoms. The summed E-state index contributed by atoms with van der Waals surface area (Å²) < 4.78 is 0. The Morgan fingerprint density at radius 3 is 2.05 bits per heavy atom. The van der Waals surface area contributed by atoms with Crippen LogP contribution in [0.15, 0.2) is 0 Å². The van der Waals surface area contributed by atoms with Crippen molar-refractivity contribution < 1.29 is 0 Å². The van der Waals surface area contributed by atoms with Crippen LogP contribution in [0, 0.1) is 0 Å². The molecule has 1 rings (SSSR count). The van der Waals surface area contributed by atoms with E-state index in [1.165, 1.54) is 45.4 Å². The van der Waals surface area contributed by atoms with Gasteiger partial charge in [-0.25, -0.2) is 0 Å². The number of nitrogens with zero attached hydrogens (tertiary/aromatic N) is 1. The van der Waals surface area contributed by atoms with Gasteiger partial charge in [0.2, 0.25) is 0 Å². The SMILES string of the molecule is CC.CC.CCNCCCN1CCC(NC(C)C)CC1. The summed E-state index contributed by atoms with van der Waals surface area (Å²) in [6, 6.07) is 1.38. The van der Waals surface area contributed by atoms with E-state index in [1.807, 2.05) is 27.7 Å². The topological polar surface area (TPSA) is 27.3 Å². The second-order valence-corrected chi connectivity index (χ2v) is 5.14. The van der Waals surface area contributed by atoms with Gasteiger partial charge in [-0.1, -0.05) is 48.5 Å². The van der Waals surface area contributed by atoms with Gasteiger partial charge in [-0.05, 0) is 52.0 Å². The zero-order valence-corrected chi connectivity index (χ0v) is 15.3.